The highest BCUT2D eigenvalue weighted by atomic mass is 28.3. The van der Waals surface area contributed by atoms with Gasteiger partial charge in [0.1, 0.15) is 15.1 Å². The summed E-state index contributed by atoms with van der Waals surface area (Å²) < 4.78 is 7.95. The molecule has 0 aliphatic rings. The van der Waals surface area contributed by atoms with Gasteiger partial charge in [-0.3, -0.25) is 0 Å². The van der Waals surface area contributed by atoms with Crippen LogP contribution < -0.4 is 9.95 Å². The first-order valence-corrected chi connectivity index (χ1v) is 8.37. The third kappa shape index (κ3) is 1.48. The molecule has 0 radical (unpaired) electrons. The lowest BCUT2D eigenvalue weighted by atomic mass is 10.4. The van der Waals surface area contributed by atoms with Crippen LogP contribution in [0.25, 0.3) is 11.1 Å². The predicted molar refractivity (Wildman–Crippen MR) is 60.4 cm³/mol. The summed E-state index contributed by atoms with van der Waals surface area (Å²) in [5.74, 6) is 0. The number of furan rings is 1. The van der Waals surface area contributed by atoms with Crippen molar-refractivity contribution in [1.29, 1.82) is 0 Å². The Morgan fingerprint density at radius 1 is 1.29 bits per heavy atom. The number of fused-ring (bicyclic) bond motifs is 1. The van der Waals surface area contributed by atoms with Crippen molar-refractivity contribution >= 4 is 24.6 Å². The number of hydrogen-bond donors (Lipinski definition) is 0. The summed E-state index contributed by atoms with van der Waals surface area (Å²) in [5, 5.41) is 1.18. The summed E-state index contributed by atoms with van der Waals surface area (Å²) in [6.07, 6.45) is 2.05. The van der Waals surface area contributed by atoms with E-state index in [9.17, 15) is 0 Å². The summed E-state index contributed by atoms with van der Waals surface area (Å²) >= 11 is 0. The van der Waals surface area contributed by atoms with E-state index in [0.717, 1.165) is 5.58 Å². The molecule has 2 aromatic heterocycles. The molecule has 0 spiro atoms. The van der Waals surface area contributed by atoms with E-state index in [-0.39, 0.29) is 0 Å². The Kier molecular flexibility index (Phi) is 1.99. The first kappa shape index (κ1) is 9.46. The van der Waals surface area contributed by atoms with Crippen molar-refractivity contribution in [2.45, 2.75) is 19.6 Å². The predicted octanol–water partition coefficient (Wildman–Crippen LogP) is 1.80. The summed E-state index contributed by atoms with van der Waals surface area (Å²) in [7, 11) is 0.728. The molecular weight excluding hydrogens is 190 g/mol. The largest absolute Gasteiger partial charge is 0.460 e. The van der Waals surface area contributed by atoms with Crippen molar-refractivity contribution in [3.63, 3.8) is 0 Å². The number of hydrogen-bond acceptors (Lipinski definition) is 1. The van der Waals surface area contributed by atoms with Crippen molar-refractivity contribution in [3.05, 3.63) is 24.4 Å². The molecule has 14 heavy (non-hydrogen) atoms. The van der Waals surface area contributed by atoms with Gasteiger partial charge in [-0.25, -0.2) is 0 Å². The van der Waals surface area contributed by atoms with E-state index in [1.54, 1.807) is 0 Å². The van der Waals surface area contributed by atoms with Gasteiger partial charge in [-0.2, -0.15) is 4.57 Å². The molecule has 0 unspecified atom stereocenters. The van der Waals surface area contributed by atoms with Crippen LogP contribution in [0.15, 0.2) is 28.8 Å². The average molecular weight is 206 g/mol. The van der Waals surface area contributed by atoms with Gasteiger partial charge in [0.2, 0.25) is 0 Å². The third-order valence-corrected chi connectivity index (χ3v) is 4.14. The zero-order valence-electron chi connectivity index (χ0n) is 9.16. The lowest BCUT2D eigenvalue weighted by Gasteiger charge is -2.09. The Morgan fingerprint density at radius 2 is 2.00 bits per heavy atom. The lowest BCUT2D eigenvalue weighted by Crippen LogP contribution is -2.36. The smallest absolute Gasteiger partial charge is 0.250 e. The lowest BCUT2D eigenvalue weighted by molar-refractivity contribution is -0.644. The first-order chi connectivity index (χ1) is 6.48. The maximum atomic E-state index is 5.85. The molecule has 74 valence electrons. The molecule has 0 aliphatic heterocycles. The number of aryl methyl sites for hydroxylation is 1. The van der Waals surface area contributed by atoms with Gasteiger partial charge in [-0.1, -0.05) is 19.6 Å². The molecule has 0 amide bonds. The van der Waals surface area contributed by atoms with E-state index in [4.69, 9.17) is 4.42 Å². The van der Waals surface area contributed by atoms with Gasteiger partial charge < -0.3 is 4.42 Å². The molecule has 0 aromatic carbocycles. The highest BCUT2D eigenvalue weighted by Crippen LogP contribution is 2.12. The minimum atomic E-state index is -1.32. The molecule has 2 nitrogen and oxygen atoms in total. The Bertz CT molecular complexity index is 468. The monoisotopic (exact) mass is 206 g/mol. The van der Waals surface area contributed by atoms with Crippen LogP contribution >= 0.6 is 0 Å². The summed E-state index contributed by atoms with van der Waals surface area (Å²) in [6.45, 7) is 6.89. The van der Waals surface area contributed by atoms with E-state index >= 15 is 0 Å². The van der Waals surface area contributed by atoms with Gasteiger partial charge in [0.15, 0.2) is 11.8 Å². The fourth-order valence-corrected chi connectivity index (χ4v) is 2.49. The van der Waals surface area contributed by atoms with E-state index < -0.39 is 8.07 Å². The normalized spacial score (nSPS) is 12.3. The maximum Gasteiger partial charge on any atom is 0.250 e. The first-order valence-electron chi connectivity index (χ1n) is 4.87. The molecule has 0 aliphatic carbocycles. The van der Waals surface area contributed by atoms with Crippen LogP contribution in [0.5, 0.6) is 0 Å². The van der Waals surface area contributed by atoms with Gasteiger partial charge in [0.05, 0.1) is 5.38 Å². The minimum Gasteiger partial charge on any atom is -0.460 e. The van der Waals surface area contributed by atoms with Crippen LogP contribution in [-0.4, -0.2) is 8.07 Å². The maximum absolute atomic E-state index is 5.85. The van der Waals surface area contributed by atoms with Crippen LogP contribution in [0, 0.1) is 0 Å². The van der Waals surface area contributed by atoms with Gasteiger partial charge >= 0.3 is 0 Å². The summed E-state index contributed by atoms with van der Waals surface area (Å²) in [5.41, 5.74) is 2.18. The molecule has 2 heterocycles. The van der Waals surface area contributed by atoms with Crippen LogP contribution in [-0.2, 0) is 7.05 Å². The number of aromatic nitrogens is 1. The highest BCUT2D eigenvalue weighted by molar-refractivity contribution is 6.87. The molecule has 0 fully saturated rings. The molecule has 0 saturated heterocycles. The van der Waals surface area contributed by atoms with Crippen LogP contribution in [0.2, 0.25) is 19.6 Å². The van der Waals surface area contributed by atoms with E-state index in [0.29, 0.717) is 0 Å². The van der Waals surface area contributed by atoms with Crippen molar-refractivity contribution in [3.8, 4) is 0 Å². The second kappa shape index (κ2) is 2.95. The summed E-state index contributed by atoms with van der Waals surface area (Å²) in [6, 6.07) is 6.22. The van der Waals surface area contributed by atoms with Gasteiger partial charge in [-0.05, 0) is 6.07 Å². The Labute approximate surface area is 85.2 Å². The number of rotatable bonds is 1. The SMILES string of the molecule is C[n+]1cccc2oc([Si](C)(C)C)cc21. The van der Waals surface area contributed by atoms with Crippen LogP contribution in [0.3, 0.4) is 0 Å². The second-order valence-electron chi connectivity index (χ2n) is 4.73. The molecule has 2 rings (SSSR count). The van der Waals surface area contributed by atoms with Crippen LogP contribution in [0.1, 0.15) is 0 Å². The average Bonchev–Trinajstić information content (AvgIpc) is 2.48. The van der Waals surface area contributed by atoms with E-state index in [2.05, 4.69) is 30.3 Å². The molecule has 0 saturated carbocycles. The Morgan fingerprint density at radius 3 is 2.57 bits per heavy atom. The van der Waals surface area contributed by atoms with Crippen molar-refractivity contribution in [2.24, 2.45) is 7.05 Å². The second-order valence-corrected chi connectivity index (χ2v) is 9.72. The fraction of sp³-hybridized carbons (Fsp3) is 0.364. The molecule has 2 aromatic rings. The topological polar surface area (TPSA) is 17.0 Å². The Hall–Kier alpha value is -1.09. The third-order valence-electron chi connectivity index (χ3n) is 2.42. The standard InChI is InChI=1S/C11H16NOSi/c1-12-7-5-6-10-9(12)8-11(13-10)14(2,3)4/h5-8H,1-4H3/q+1. The summed E-state index contributed by atoms with van der Waals surface area (Å²) in [4.78, 5) is 0. The van der Waals surface area contributed by atoms with Crippen LogP contribution in [0.4, 0.5) is 0 Å². The zero-order chi connectivity index (χ0) is 10.3. The van der Waals surface area contributed by atoms with Gasteiger partial charge in [0, 0.05) is 12.1 Å². The molecule has 3 heteroatoms. The Balaban J connectivity index is 2.69. The minimum absolute atomic E-state index is 0.993. The molecule has 0 atom stereocenters. The fourth-order valence-electron chi connectivity index (χ4n) is 1.50. The van der Waals surface area contributed by atoms with Crippen molar-refractivity contribution in [2.75, 3.05) is 0 Å². The number of pyridine rings is 1. The van der Waals surface area contributed by atoms with Crippen molar-refractivity contribution < 1.29 is 8.98 Å². The number of nitrogens with zero attached hydrogens (tertiary/aromatic N) is 1. The quantitative estimate of drug-likeness (QED) is 0.513. The highest BCUT2D eigenvalue weighted by Gasteiger charge is 2.23. The van der Waals surface area contributed by atoms with Gasteiger partial charge in [-0.15, -0.1) is 0 Å². The molecular formula is C11H16NOSi+. The van der Waals surface area contributed by atoms with E-state index in [1.807, 2.05) is 25.4 Å². The van der Waals surface area contributed by atoms with E-state index in [1.165, 1.54) is 10.9 Å². The van der Waals surface area contributed by atoms with Gasteiger partial charge in [0.25, 0.3) is 5.52 Å². The molecule has 0 N–H and O–H groups in total. The zero-order valence-corrected chi connectivity index (χ0v) is 10.2. The molecule has 0 bridgehead atoms. The van der Waals surface area contributed by atoms with Crippen molar-refractivity contribution in [1.82, 2.24) is 0 Å².